The number of rotatable bonds is 4. The van der Waals surface area contributed by atoms with Gasteiger partial charge in [0.1, 0.15) is 0 Å². The van der Waals surface area contributed by atoms with E-state index in [1.54, 1.807) is 0 Å². The molecule has 0 radical (unpaired) electrons. The number of hydrogen-bond donors (Lipinski definition) is 1. The molecule has 0 amide bonds. The Labute approximate surface area is 109 Å². The predicted molar refractivity (Wildman–Crippen MR) is 72.5 cm³/mol. The molecular weight excluding hydrogens is 222 g/mol. The topological polar surface area (TPSA) is 43.1 Å². The van der Waals surface area contributed by atoms with E-state index in [9.17, 15) is 4.79 Å². The second-order valence-electron chi connectivity index (χ2n) is 6.11. The molecule has 0 saturated heterocycles. The Kier molecular flexibility index (Phi) is 2.78. The van der Waals surface area contributed by atoms with Crippen molar-refractivity contribution in [3.8, 4) is 0 Å². The largest absolute Gasteiger partial charge is 0.319 e. The molecule has 96 valence electrons. The molecule has 0 spiro atoms. The van der Waals surface area contributed by atoms with Crippen LogP contribution in [0.15, 0.2) is 18.2 Å². The van der Waals surface area contributed by atoms with Crippen LogP contribution in [0.4, 0.5) is 0 Å². The molecule has 1 aromatic rings. The lowest BCUT2D eigenvalue weighted by molar-refractivity contribution is -0.123. The van der Waals surface area contributed by atoms with Crippen molar-refractivity contribution in [2.45, 2.75) is 51.0 Å². The maximum atomic E-state index is 12.3. The molecule has 1 fully saturated rings. The Morgan fingerprint density at radius 1 is 1.33 bits per heavy atom. The summed E-state index contributed by atoms with van der Waals surface area (Å²) in [7, 11) is 0. The van der Waals surface area contributed by atoms with Gasteiger partial charge in [-0.2, -0.15) is 0 Å². The number of hydrogen-bond acceptors (Lipinski definition) is 2. The standard InChI is InChI=1S/C16H21NO/c1-16(17,14-7-8-14)15(18)10-11-5-6-12-3-2-4-13(12)9-11/h5-6,9,14H,2-4,7-8,10,17H2,1H3. The molecule has 1 unspecified atom stereocenters. The Morgan fingerprint density at radius 3 is 2.78 bits per heavy atom. The molecule has 0 bridgehead atoms. The third kappa shape index (κ3) is 2.10. The molecule has 0 aromatic heterocycles. The molecule has 2 heteroatoms. The number of carbonyl (C=O) groups excluding carboxylic acids is 1. The van der Waals surface area contributed by atoms with Crippen LogP contribution in [-0.2, 0) is 24.1 Å². The van der Waals surface area contributed by atoms with Crippen molar-refractivity contribution in [3.63, 3.8) is 0 Å². The first kappa shape index (κ1) is 11.9. The zero-order valence-electron chi connectivity index (χ0n) is 11.0. The van der Waals surface area contributed by atoms with Gasteiger partial charge in [0.15, 0.2) is 5.78 Å². The number of Topliss-reactive ketones (excluding diaryl/α,β-unsaturated/α-hetero) is 1. The van der Waals surface area contributed by atoms with Gasteiger partial charge in [-0.25, -0.2) is 0 Å². The number of aryl methyl sites for hydroxylation is 2. The highest BCUT2D eigenvalue weighted by molar-refractivity contribution is 5.90. The molecule has 2 N–H and O–H groups in total. The fraction of sp³-hybridized carbons (Fsp3) is 0.562. The second-order valence-corrected chi connectivity index (χ2v) is 6.11. The SMILES string of the molecule is CC(N)(C(=O)Cc1ccc2c(c1)CCC2)C1CC1. The lowest BCUT2D eigenvalue weighted by Crippen LogP contribution is -2.47. The van der Waals surface area contributed by atoms with Crippen molar-refractivity contribution < 1.29 is 4.79 Å². The molecule has 0 heterocycles. The zero-order valence-corrected chi connectivity index (χ0v) is 11.0. The molecule has 0 aliphatic heterocycles. The smallest absolute Gasteiger partial charge is 0.156 e. The van der Waals surface area contributed by atoms with E-state index in [4.69, 9.17) is 5.73 Å². The van der Waals surface area contributed by atoms with E-state index in [0.29, 0.717) is 12.3 Å². The lowest BCUT2D eigenvalue weighted by atomic mass is 9.87. The zero-order chi connectivity index (χ0) is 12.8. The molecule has 1 aromatic carbocycles. The molecule has 2 aliphatic rings. The summed E-state index contributed by atoms with van der Waals surface area (Å²) >= 11 is 0. The van der Waals surface area contributed by atoms with Crippen molar-refractivity contribution >= 4 is 5.78 Å². The third-order valence-electron chi connectivity index (χ3n) is 4.55. The summed E-state index contributed by atoms with van der Waals surface area (Å²) in [5.41, 5.74) is 9.60. The van der Waals surface area contributed by atoms with Gasteiger partial charge in [0, 0.05) is 6.42 Å². The van der Waals surface area contributed by atoms with Crippen molar-refractivity contribution in [2.24, 2.45) is 11.7 Å². The van der Waals surface area contributed by atoms with E-state index in [-0.39, 0.29) is 5.78 Å². The highest BCUT2D eigenvalue weighted by atomic mass is 16.1. The van der Waals surface area contributed by atoms with E-state index >= 15 is 0 Å². The van der Waals surface area contributed by atoms with E-state index in [0.717, 1.165) is 18.4 Å². The van der Waals surface area contributed by atoms with E-state index in [1.165, 1.54) is 30.4 Å². The highest BCUT2D eigenvalue weighted by Gasteiger charge is 2.43. The van der Waals surface area contributed by atoms with Gasteiger partial charge in [-0.1, -0.05) is 18.2 Å². The fourth-order valence-corrected chi connectivity index (χ4v) is 3.02. The van der Waals surface area contributed by atoms with Gasteiger partial charge in [-0.3, -0.25) is 4.79 Å². The summed E-state index contributed by atoms with van der Waals surface area (Å²) in [6.45, 7) is 1.90. The van der Waals surface area contributed by atoms with Gasteiger partial charge in [-0.05, 0) is 61.6 Å². The molecule has 2 nitrogen and oxygen atoms in total. The maximum absolute atomic E-state index is 12.3. The summed E-state index contributed by atoms with van der Waals surface area (Å²) in [5.74, 6) is 0.613. The average Bonchev–Trinajstić information content (AvgIpc) is 3.09. The average molecular weight is 243 g/mol. The van der Waals surface area contributed by atoms with Crippen LogP contribution in [0.2, 0.25) is 0 Å². The van der Waals surface area contributed by atoms with Crippen LogP contribution in [0, 0.1) is 5.92 Å². The predicted octanol–water partition coefficient (Wildman–Crippen LogP) is 2.41. The summed E-state index contributed by atoms with van der Waals surface area (Å²) in [4.78, 5) is 12.3. The van der Waals surface area contributed by atoms with Gasteiger partial charge < -0.3 is 5.73 Å². The quantitative estimate of drug-likeness (QED) is 0.882. The van der Waals surface area contributed by atoms with Crippen LogP contribution in [-0.4, -0.2) is 11.3 Å². The van der Waals surface area contributed by atoms with Crippen molar-refractivity contribution in [1.82, 2.24) is 0 Å². The lowest BCUT2D eigenvalue weighted by Gasteiger charge is -2.22. The Balaban J connectivity index is 1.74. The van der Waals surface area contributed by atoms with E-state index in [2.05, 4.69) is 18.2 Å². The maximum Gasteiger partial charge on any atom is 0.156 e. The summed E-state index contributed by atoms with van der Waals surface area (Å²) in [5, 5.41) is 0. The molecule has 3 rings (SSSR count). The minimum atomic E-state index is -0.612. The second kappa shape index (κ2) is 4.20. The number of fused-ring (bicyclic) bond motifs is 1. The highest BCUT2D eigenvalue weighted by Crippen LogP contribution is 2.39. The fourth-order valence-electron chi connectivity index (χ4n) is 3.02. The Morgan fingerprint density at radius 2 is 2.06 bits per heavy atom. The van der Waals surface area contributed by atoms with Crippen molar-refractivity contribution in [3.05, 3.63) is 34.9 Å². The van der Waals surface area contributed by atoms with Crippen LogP contribution in [0.25, 0.3) is 0 Å². The number of carbonyl (C=O) groups is 1. The van der Waals surface area contributed by atoms with Crippen LogP contribution in [0.5, 0.6) is 0 Å². The Hall–Kier alpha value is -1.15. The molecule has 1 saturated carbocycles. The summed E-state index contributed by atoms with van der Waals surface area (Å²) in [6, 6.07) is 6.50. The molecule has 1 atom stereocenters. The summed E-state index contributed by atoms with van der Waals surface area (Å²) in [6.07, 6.45) is 6.34. The van der Waals surface area contributed by atoms with Gasteiger partial charge in [0.05, 0.1) is 5.54 Å². The van der Waals surface area contributed by atoms with Crippen LogP contribution < -0.4 is 5.73 Å². The van der Waals surface area contributed by atoms with Gasteiger partial charge in [0.2, 0.25) is 0 Å². The minimum absolute atomic E-state index is 0.197. The third-order valence-corrected chi connectivity index (χ3v) is 4.55. The van der Waals surface area contributed by atoms with Crippen molar-refractivity contribution in [1.29, 1.82) is 0 Å². The summed E-state index contributed by atoms with van der Waals surface area (Å²) < 4.78 is 0. The van der Waals surface area contributed by atoms with Crippen LogP contribution in [0.1, 0.15) is 42.9 Å². The van der Waals surface area contributed by atoms with Crippen LogP contribution >= 0.6 is 0 Å². The first-order valence-corrected chi connectivity index (χ1v) is 7.00. The minimum Gasteiger partial charge on any atom is -0.319 e. The van der Waals surface area contributed by atoms with Gasteiger partial charge in [-0.15, -0.1) is 0 Å². The Bertz CT molecular complexity index is 486. The first-order chi connectivity index (χ1) is 8.57. The first-order valence-electron chi connectivity index (χ1n) is 7.00. The van der Waals surface area contributed by atoms with E-state index < -0.39 is 5.54 Å². The van der Waals surface area contributed by atoms with Crippen LogP contribution in [0.3, 0.4) is 0 Å². The molecule has 18 heavy (non-hydrogen) atoms. The number of benzene rings is 1. The monoisotopic (exact) mass is 243 g/mol. The number of ketones is 1. The van der Waals surface area contributed by atoms with Gasteiger partial charge >= 0.3 is 0 Å². The van der Waals surface area contributed by atoms with Crippen molar-refractivity contribution in [2.75, 3.05) is 0 Å². The number of nitrogens with two attached hydrogens (primary N) is 1. The molecular formula is C16H21NO. The normalized spacial score (nSPS) is 21.4. The van der Waals surface area contributed by atoms with Gasteiger partial charge in [0.25, 0.3) is 0 Å². The van der Waals surface area contributed by atoms with E-state index in [1.807, 2.05) is 6.92 Å². The molecule has 2 aliphatic carbocycles.